The lowest BCUT2D eigenvalue weighted by Crippen LogP contribution is -2.44. The Balaban J connectivity index is 2.47. The molecule has 0 fully saturated rings. The van der Waals surface area contributed by atoms with E-state index in [9.17, 15) is 18.3 Å². The number of nitrogens with one attached hydrogen (secondary N) is 1. The van der Waals surface area contributed by atoms with Crippen LogP contribution in [-0.2, 0) is 5.60 Å². The summed E-state index contributed by atoms with van der Waals surface area (Å²) in [6.07, 6.45) is -5.98. The quantitative estimate of drug-likeness (QED) is 0.525. The Kier molecular flexibility index (Phi) is 5.88. The second-order valence-electron chi connectivity index (χ2n) is 5.64. The van der Waals surface area contributed by atoms with Gasteiger partial charge in [0.1, 0.15) is 0 Å². The van der Waals surface area contributed by atoms with Gasteiger partial charge in [0.05, 0.1) is 0 Å². The van der Waals surface area contributed by atoms with Crippen molar-refractivity contribution in [2.75, 3.05) is 0 Å². The van der Waals surface area contributed by atoms with Gasteiger partial charge in [-0.1, -0.05) is 45.2 Å². The third kappa shape index (κ3) is 4.37. The van der Waals surface area contributed by atoms with E-state index in [0.717, 1.165) is 22.2 Å². The minimum Gasteiger partial charge on any atom is -0.376 e. The molecule has 0 spiro atoms. The summed E-state index contributed by atoms with van der Waals surface area (Å²) in [6, 6.07) is 8.01. The average molecular weight is 455 g/mol. The molecule has 0 aromatic heterocycles. The molecule has 0 saturated heterocycles. The van der Waals surface area contributed by atoms with Crippen molar-refractivity contribution in [1.82, 2.24) is 0 Å². The third-order valence-electron chi connectivity index (χ3n) is 3.75. The second kappa shape index (κ2) is 7.27. The van der Waals surface area contributed by atoms with Gasteiger partial charge in [-0.15, -0.1) is 0 Å². The molecule has 0 aliphatic carbocycles. The van der Waals surface area contributed by atoms with Crippen LogP contribution >= 0.6 is 39.1 Å². The molecule has 0 radical (unpaired) electrons. The van der Waals surface area contributed by atoms with Gasteiger partial charge in [0.2, 0.25) is 0 Å². The molecule has 0 aliphatic heterocycles. The highest BCUT2D eigenvalue weighted by atomic mass is 79.9. The Morgan fingerprint density at radius 3 is 2.16 bits per heavy atom. The van der Waals surface area contributed by atoms with Gasteiger partial charge in [-0.2, -0.15) is 13.2 Å². The Morgan fingerprint density at radius 2 is 1.68 bits per heavy atom. The zero-order valence-electron chi connectivity index (χ0n) is 12.9. The van der Waals surface area contributed by atoms with Crippen LogP contribution in [0.15, 0.2) is 40.9 Å². The van der Waals surface area contributed by atoms with Crippen molar-refractivity contribution >= 4 is 44.8 Å². The van der Waals surface area contributed by atoms with E-state index in [-0.39, 0.29) is 21.3 Å². The minimum atomic E-state index is -5.02. The van der Waals surface area contributed by atoms with E-state index < -0.39 is 23.8 Å². The van der Waals surface area contributed by atoms with Crippen molar-refractivity contribution in [1.29, 1.82) is 5.41 Å². The molecule has 2 rings (SSSR count). The molecule has 2 aromatic rings. The monoisotopic (exact) mass is 453 g/mol. The van der Waals surface area contributed by atoms with Gasteiger partial charge in [-0.3, -0.25) is 0 Å². The van der Waals surface area contributed by atoms with Crippen molar-refractivity contribution in [2.24, 2.45) is 0 Å². The smallest absolute Gasteiger partial charge is 0.376 e. The zero-order valence-corrected chi connectivity index (χ0v) is 16.0. The van der Waals surface area contributed by atoms with Gasteiger partial charge < -0.3 is 10.5 Å². The van der Waals surface area contributed by atoms with E-state index in [2.05, 4.69) is 15.9 Å². The summed E-state index contributed by atoms with van der Waals surface area (Å²) in [4.78, 5) is 0. The molecule has 0 aliphatic rings. The fourth-order valence-electron chi connectivity index (χ4n) is 2.35. The average Bonchev–Trinajstić information content (AvgIpc) is 2.47. The lowest BCUT2D eigenvalue weighted by atomic mass is 9.85. The molecular formula is C17H13BrCl2F3NO. The van der Waals surface area contributed by atoms with E-state index >= 15 is 0 Å². The molecule has 25 heavy (non-hydrogen) atoms. The molecule has 8 heteroatoms. The summed E-state index contributed by atoms with van der Waals surface area (Å²) >= 11 is 14.8. The standard InChI is InChI=1S/C17H13BrCl2F3NO/c1-9-4-10(2-3-14(9)18)15(24)8-16(25,17(21,22)23)11-5-12(19)7-13(20)6-11/h2-7,24-25H,8H2,1H3. The molecule has 2 aromatic carbocycles. The maximum atomic E-state index is 13.6. The molecule has 2 N–H and O–H groups in total. The van der Waals surface area contributed by atoms with Gasteiger partial charge in [0, 0.05) is 26.7 Å². The molecule has 0 bridgehead atoms. The maximum absolute atomic E-state index is 13.6. The van der Waals surface area contributed by atoms with Crippen LogP contribution in [0.3, 0.4) is 0 Å². The van der Waals surface area contributed by atoms with Crippen LogP contribution in [0.1, 0.15) is 23.1 Å². The maximum Gasteiger partial charge on any atom is 0.421 e. The van der Waals surface area contributed by atoms with Gasteiger partial charge in [0.25, 0.3) is 0 Å². The van der Waals surface area contributed by atoms with Crippen molar-refractivity contribution in [3.05, 3.63) is 67.6 Å². The Labute approximate surface area is 161 Å². The predicted molar refractivity (Wildman–Crippen MR) is 96.7 cm³/mol. The highest BCUT2D eigenvalue weighted by Crippen LogP contribution is 2.43. The van der Waals surface area contributed by atoms with Crippen LogP contribution in [0.25, 0.3) is 0 Å². The first-order chi connectivity index (χ1) is 11.4. The van der Waals surface area contributed by atoms with E-state index in [4.69, 9.17) is 28.6 Å². The molecule has 0 heterocycles. The van der Waals surface area contributed by atoms with E-state index in [1.165, 1.54) is 12.1 Å². The molecule has 0 amide bonds. The SMILES string of the molecule is Cc1cc(C(=N)CC(O)(c2cc(Cl)cc(Cl)c2)C(F)(F)F)ccc1Br. The number of benzene rings is 2. The molecule has 134 valence electrons. The minimum absolute atomic E-state index is 0.0313. The molecular weight excluding hydrogens is 442 g/mol. The summed E-state index contributed by atoms with van der Waals surface area (Å²) in [7, 11) is 0. The number of aryl methyl sites for hydroxylation is 1. The molecule has 0 saturated carbocycles. The van der Waals surface area contributed by atoms with Crippen LogP contribution in [-0.4, -0.2) is 17.0 Å². The van der Waals surface area contributed by atoms with Crippen molar-refractivity contribution in [3.63, 3.8) is 0 Å². The highest BCUT2D eigenvalue weighted by Gasteiger charge is 2.55. The number of hydrogen-bond acceptors (Lipinski definition) is 2. The number of hydrogen-bond donors (Lipinski definition) is 2. The van der Waals surface area contributed by atoms with Crippen LogP contribution < -0.4 is 0 Å². The van der Waals surface area contributed by atoms with Gasteiger partial charge in [0.15, 0.2) is 5.60 Å². The summed E-state index contributed by atoms with van der Waals surface area (Å²) in [5, 5.41) is 18.4. The second-order valence-corrected chi connectivity index (χ2v) is 7.36. The largest absolute Gasteiger partial charge is 0.421 e. The lowest BCUT2D eigenvalue weighted by molar-refractivity contribution is -0.263. The van der Waals surface area contributed by atoms with E-state index in [1.807, 2.05) is 0 Å². The summed E-state index contributed by atoms with van der Waals surface area (Å²) in [6.45, 7) is 1.76. The molecule has 2 nitrogen and oxygen atoms in total. The van der Waals surface area contributed by atoms with Crippen molar-refractivity contribution in [2.45, 2.75) is 25.1 Å². The zero-order chi connectivity index (χ0) is 19.0. The number of rotatable bonds is 4. The topological polar surface area (TPSA) is 44.1 Å². The van der Waals surface area contributed by atoms with E-state index in [1.54, 1.807) is 19.1 Å². The normalized spacial score (nSPS) is 14.2. The fourth-order valence-corrected chi connectivity index (χ4v) is 3.12. The Bertz CT molecular complexity index is 806. The molecule has 1 atom stereocenters. The van der Waals surface area contributed by atoms with Crippen molar-refractivity contribution < 1.29 is 18.3 Å². The highest BCUT2D eigenvalue weighted by molar-refractivity contribution is 9.10. The van der Waals surface area contributed by atoms with Gasteiger partial charge in [-0.05, 0) is 53.9 Å². The first-order valence-corrected chi connectivity index (χ1v) is 8.58. The first kappa shape index (κ1) is 20.2. The number of alkyl halides is 3. The number of halogens is 6. The van der Waals surface area contributed by atoms with E-state index in [0.29, 0.717) is 0 Å². The van der Waals surface area contributed by atoms with Crippen LogP contribution in [0.5, 0.6) is 0 Å². The van der Waals surface area contributed by atoms with Gasteiger partial charge in [-0.25, -0.2) is 0 Å². The predicted octanol–water partition coefficient (Wildman–Crippen LogP) is 6.27. The summed E-state index contributed by atoms with van der Waals surface area (Å²) in [5.74, 6) is 0. The number of aliphatic hydroxyl groups is 1. The summed E-state index contributed by atoms with van der Waals surface area (Å²) in [5.41, 5.74) is -3.08. The first-order valence-electron chi connectivity index (χ1n) is 7.03. The fraction of sp³-hybridized carbons (Fsp3) is 0.235. The Morgan fingerprint density at radius 1 is 1.12 bits per heavy atom. The van der Waals surface area contributed by atoms with Gasteiger partial charge >= 0.3 is 6.18 Å². The lowest BCUT2D eigenvalue weighted by Gasteiger charge is -2.31. The van der Waals surface area contributed by atoms with Crippen molar-refractivity contribution in [3.8, 4) is 0 Å². The Hall–Kier alpha value is -1.08. The van der Waals surface area contributed by atoms with Crippen LogP contribution in [0, 0.1) is 12.3 Å². The summed E-state index contributed by atoms with van der Waals surface area (Å²) < 4.78 is 41.7. The molecule has 1 unspecified atom stereocenters. The van der Waals surface area contributed by atoms with Crippen LogP contribution in [0.2, 0.25) is 10.0 Å². The third-order valence-corrected chi connectivity index (χ3v) is 5.07. The van der Waals surface area contributed by atoms with Crippen LogP contribution in [0.4, 0.5) is 13.2 Å².